The third kappa shape index (κ3) is 4.53. The number of benzene rings is 1. The van der Waals surface area contributed by atoms with Crippen LogP contribution in [0.3, 0.4) is 0 Å². The van der Waals surface area contributed by atoms with Gasteiger partial charge in [-0.2, -0.15) is 5.10 Å². The lowest BCUT2D eigenvalue weighted by Gasteiger charge is -2.26. The zero-order valence-corrected chi connectivity index (χ0v) is 23.9. The number of carboxylic acid groups (broad SMARTS) is 1. The summed E-state index contributed by atoms with van der Waals surface area (Å²) in [6.45, 7) is 9.01. The topological polar surface area (TPSA) is 120 Å². The number of pyridine rings is 1. The van der Waals surface area contributed by atoms with E-state index in [9.17, 15) is 14.7 Å². The number of aromatic carboxylic acids is 1. The average Bonchev–Trinajstić information content (AvgIpc) is 3.80. The number of amides is 1. The maximum atomic E-state index is 13.6. The Labute approximate surface area is 243 Å². The Morgan fingerprint density at radius 1 is 0.929 bits per heavy atom. The van der Waals surface area contributed by atoms with Gasteiger partial charge in [-0.3, -0.25) is 4.79 Å². The highest BCUT2D eigenvalue weighted by Gasteiger charge is 2.45. The molecule has 3 aliphatic heterocycles. The van der Waals surface area contributed by atoms with Crippen molar-refractivity contribution in [2.24, 2.45) is 5.41 Å². The number of rotatable bonds is 5. The second-order valence-electron chi connectivity index (χ2n) is 12.4. The largest absolute Gasteiger partial charge is 0.476 e. The molecule has 3 saturated heterocycles. The first-order chi connectivity index (χ1) is 20.2. The highest BCUT2D eigenvalue weighted by Crippen LogP contribution is 2.41. The van der Waals surface area contributed by atoms with Crippen molar-refractivity contribution in [1.82, 2.24) is 29.7 Å². The van der Waals surface area contributed by atoms with Crippen molar-refractivity contribution in [1.29, 1.82) is 0 Å². The Morgan fingerprint density at radius 3 is 2.50 bits per heavy atom. The van der Waals surface area contributed by atoms with E-state index in [-0.39, 0.29) is 28.3 Å². The maximum absolute atomic E-state index is 13.6. The summed E-state index contributed by atoms with van der Waals surface area (Å²) in [6, 6.07) is 14.4. The summed E-state index contributed by atoms with van der Waals surface area (Å²) in [5, 5.41) is 21.5. The van der Waals surface area contributed by atoms with Crippen molar-refractivity contribution >= 4 is 28.9 Å². The van der Waals surface area contributed by atoms with E-state index in [4.69, 9.17) is 0 Å². The van der Waals surface area contributed by atoms with Gasteiger partial charge in [0.2, 0.25) is 5.82 Å². The standard InChI is InChI=1S/C31H34N8O3/c1-21-14-24(36-11-8-30(2,18-36)22-6-4-3-5-7-22)17-39-27(21)33-26(35-39)28(40)38-13-10-31(20-38)9-12-37(19-31)23-15-25(29(41)42)34-32-16-23/h3-7,14-17H,8-13,18-20H2,1-2H3,(H,41,42)/t30-,31?/m0/s1. The van der Waals surface area contributed by atoms with Gasteiger partial charge in [-0.1, -0.05) is 37.3 Å². The van der Waals surface area contributed by atoms with Crippen molar-refractivity contribution in [3.8, 4) is 0 Å². The van der Waals surface area contributed by atoms with E-state index < -0.39 is 5.97 Å². The van der Waals surface area contributed by atoms with E-state index in [1.807, 2.05) is 18.0 Å². The number of carboxylic acids is 1. The Morgan fingerprint density at radius 2 is 1.69 bits per heavy atom. The molecule has 4 aromatic rings. The molecule has 0 radical (unpaired) electrons. The van der Waals surface area contributed by atoms with Crippen LogP contribution in [0.4, 0.5) is 11.4 Å². The second-order valence-corrected chi connectivity index (χ2v) is 12.4. The molecule has 0 aliphatic carbocycles. The first kappa shape index (κ1) is 26.4. The fourth-order valence-corrected chi connectivity index (χ4v) is 7.02. The first-order valence-electron chi connectivity index (χ1n) is 14.5. The minimum absolute atomic E-state index is 0.0499. The Bertz CT molecular complexity index is 1690. The van der Waals surface area contributed by atoms with Crippen molar-refractivity contribution in [2.45, 2.75) is 38.5 Å². The summed E-state index contributed by atoms with van der Waals surface area (Å²) in [4.78, 5) is 36.0. The molecule has 216 valence electrons. The molecule has 1 spiro atoms. The average molecular weight is 567 g/mol. The molecule has 1 N–H and O–H groups in total. The van der Waals surface area contributed by atoms with Gasteiger partial charge in [0.05, 0.1) is 23.8 Å². The highest BCUT2D eigenvalue weighted by molar-refractivity contribution is 5.91. The van der Waals surface area contributed by atoms with Crippen molar-refractivity contribution in [3.05, 3.63) is 77.5 Å². The lowest BCUT2D eigenvalue weighted by atomic mass is 9.82. The van der Waals surface area contributed by atoms with Crippen molar-refractivity contribution in [3.63, 3.8) is 0 Å². The molecule has 0 saturated carbocycles. The summed E-state index contributed by atoms with van der Waals surface area (Å²) < 4.78 is 1.76. The van der Waals surface area contributed by atoms with E-state index in [2.05, 4.69) is 73.4 Å². The zero-order chi connectivity index (χ0) is 29.1. The van der Waals surface area contributed by atoms with E-state index in [1.54, 1.807) is 16.8 Å². The van der Waals surface area contributed by atoms with Crippen molar-refractivity contribution in [2.75, 3.05) is 49.1 Å². The van der Waals surface area contributed by atoms with E-state index in [1.165, 1.54) is 5.56 Å². The van der Waals surface area contributed by atoms with Crippen LogP contribution in [0.5, 0.6) is 0 Å². The number of carbonyl (C=O) groups is 2. The summed E-state index contributed by atoms with van der Waals surface area (Å²) in [5.74, 6) is -1.02. The van der Waals surface area contributed by atoms with Crippen LogP contribution in [-0.2, 0) is 5.41 Å². The maximum Gasteiger partial charge on any atom is 0.356 e. The smallest absolute Gasteiger partial charge is 0.356 e. The molecule has 1 unspecified atom stereocenters. The molecule has 3 aromatic heterocycles. The summed E-state index contributed by atoms with van der Waals surface area (Å²) >= 11 is 0. The molecule has 2 atom stereocenters. The normalized spacial score (nSPS) is 23.9. The molecule has 1 amide bonds. The molecular weight excluding hydrogens is 532 g/mol. The van der Waals surface area contributed by atoms with Gasteiger partial charge in [0.15, 0.2) is 11.3 Å². The summed E-state index contributed by atoms with van der Waals surface area (Å²) in [7, 11) is 0. The van der Waals surface area contributed by atoms with Crippen LogP contribution in [0.2, 0.25) is 0 Å². The lowest BCUT2D eigenvalue weighted by molar-refractivity contribution is 0.0688. The Hall–Kier alpha value is -4.54. The van der Waals surface area contributed by atoms with Gasteiger partial charge < -0.3 is 19.8 Å². The number of likely N-dealkylation sites (tertiary alicyclic amines) is 1. The van der Waals surface area contributed by atoms with Crippen molar-refractivity contribution < 1.29 is 14.7 Å². The van der Waals surface area contributed by atoms with Gasteiger partial charge in [-0.05, 0) is 49.4 Å². The zero-order valence-electron chi connectivity index (χ0n) is 23.9. The minimum Gasteiger partial charge on any atom is -0.476 e. The lowest BCUT2D eigenvalue weighted by Crippen LogP contribution is -2.34. The third-order valence-electron chi connectivity index (χ3n) is 9.49. The van der Waals surface area contributed by atoms with Crippen LogP contribution in [-0.4, -0.2) is 85.9 Å². The third-order valence-corrected chi connectivity index (χ3v) is 9.49. The van der Waals surface area contributed by atoms with E-state index in [0.717, 1.165) is 62.4 Å². The van der Waals surface area contributed by atoms with Crippen LogP contribution < -0.4 is 9.80 Å². The Balaban J connectivity index is 1.06. The predicted molar refractivity (Wildman–Crippen MR) is 157 cm³/mol. The Kier molecular flexibility index (Phi) is 6.14. The van der Waals surface area contributed by atoms with Gasteiger partial charge in [-0.15, -0.1) is 10.2 Å². The van der Waals surface area contributed by atoms with Gasteiger partial charge in [-0.25, -0.2) is 14.3 Å². The number of fused-ring (bicyclic) bond motifs is 1. The van der Waals surface area contributed by atoms with Gasteiger partial charge in [0, 0.05) is 50.1 Å². The number of hydrogen-bond acceptors (Lipinski definition) is 8. The number of aryl methyl sites for hydroxylation is 1. The van der Waals surface area contributed by atoms with Crippen LogP contribution in [0.1, 0.15) is 58.4 Å². The molecule has 6 heterocycles. The van der Waals surface area contributed by atoms with Crippen LogP contribution >= 0.6 is 0 Å². The molecule has 0 bridgehead atoms. The second kappa shape index (κ2) is 9.78. The minimum atomic E-state index is -1.09. The highest BCUT2D eigenvalue weighted by atomic mass is 16.4. The number of hydrogen-bond donors (Lipinski definition) is 1. The van der Waals surface area contributed by atoms with E-state index >= 15 is 0 Å². The molecule has 42 heavy (non-hydrogen) atoms. The molecule has 3 aliphatic rings. The number of nitrogens with zero attached hydrogens (tertiary/aromatic N) is 8. The molecule has 11 heteroatoms. The molecule has 7 rings (SSSR count). The molecule has 1 aromatic carbocycles. The summed E-state index contributed by atoms with van der Waals surface area (Å²) in [6.07, 6.45) is 6.47. The van der Waals surface area contributed by atoms with Gasteiger partial charge in [0.1, 0.15) is 0 Å². The molecular formula is C31H34N8O3. The van der Waals surface area contributed by atoms with Gasteiger partial charge in [0.25, 0.3) is 5.91 Å². The summed E-state index contributed by atoms with van der Waals surface area (Å²) in [5.41, 5.74) is 4.85. The van der Waals surface area contributed by atoms with E-state index in [0.29, 0.717) is 18.7 Å². The fourth-order valence-electron chi connectivity index (χ4n) is 7.02. The monoisotopic (exact) mass is 566 g/mol. The van der Waals surface area contributed by atoms with Crippen LogP contribution in [0, 0.1) is 12.3 Å². The first-order valence-corrected chi connectivity index (χ1v) is 14.5. The molecule has 3 fully saturated rings. The van der Waals surface area contributed by atoms with Crippen LogP contribution in [0.15, 0.2) is 54.9 Å². The number of carbonyl (C=O) groups excluding carboxylic acids is 1. The van der Waals surface area contributed by atoms with Crippen LogP contribution in [0.25, 0.3) is 5.65 Å². The SMILES string of the molecule is Cc1cc(N2CC[C@](C)(c3ccccc3)C2)cn2nc(C(=O)N3CCC4(CCN(c5cnnc(C(=O)O)c5)C4)C3)nc12. The van der Waals surface area contributed by atoms with Gasteiger partial charge >= 0.3 is 5.97 Å². The number of anilines is 2. The fraction of sp³-hybridized carbons (Fsp3) is 0.419. The quantitative estimate of drug-likeness (QED) is 0.387. The molecule has 11 nitrogen and oxygen atoms in total. The number of aromatic nitrogens is 5. The predicted octanol–water partition coefficient (Wildman–Crippen LogP) is 3.44.